The first-order chi connectivity index (χ1) is 18.3. The van der Waals surface area contributed by atoms with E-state index in [1.54, 1.807) is 6.20 Å². The molecule has 4 amide bonds. The Bertz CT molecular complexity index is 1240. The first kappa shape index (κ1) is 28.4. The smallest absolute Gasteiger partial charge is 0.243 e. The minimum atomic E-state index is -1.000. The topological polar surface area (TPSA) is 172 Å². The second kappa shape index (κ2) is 13.9. The number of nitrogens with one attached hydrogen (secondary N) is 4. The van der Waals surface area contributed by atoms with Crippen LogP contribution < -0.4 is 27.4 Å². The summed E-state index contributed by atoms with van der Waals surface area (Å²) in [5.74, 6) is -2.08. The van der Waals surface area contributed by atoms with Crippen LogP contribution in [-0.4, -0.2) is 53.3 Å². The number of aromatic amines is 1. The lowest BCUT2D eigenvalue weighted by atomic mass is 10.0. The summed E-state index contributed by atoms with van der Waals surface area (Å²) in [6.07, 6.45) is 3.87. The van der Waals surface area contributed by atoms with Gasteiger partial charge in [-0.1, -0.05) is 48.5 Å². The van der Waals surface area contributed by atoms with Crippen molar-refractivity contribution in [3.8, 4) is 0 Å². The lowest BCUT2D eigenvalue weighted by Gasteiger charge is -2.25. The largest absolute Gasteiger partial charge is 0.368 e. The van der Waals surface area contributed by atoms with Crippen LogP contribution >= 0.6 is 0 Å². The van der Waals surface area contributed by atoms with E-state index in [9.17, 15) is 19.2 Å². The molecule has 0 saturated heterocycles. The van der Waals surface area contributed by atoms with E-state index in [1.165, 1.54) is 6.92 Å². The van der Waals surface area contributed by atoms with Crippen LogP contribution in [-0.2, 0) is 32.0 Å². The Labute approximate surface area is 221 Å². The predicted octanol–water partition coefficient (Wildman–Crippen LogP) is 1.04. The van der Waals surface area contributed by atoms with Gasteiger partial charge in [-0.3, -0.25) is 19.2 Å². The van der Waals surface area contributed by atoms with Crippen LogP contribution in [0, 0.1) is 0 Å². The molecule has 0 spiro atoms. The molecule has 10 heteroatoms. The van der Waals surface area contributed by atoms with Crippen LogP contribution in [0.1, 0.15) is 37.3 Å². The van der Waals surface area contributed by atoms with Gasteiger partial charge in [0, 0.05) is 36.9 Å². The molecular formula is C28H36N6O4. The molecule has 8 N–H and O–H groups in total. The first-order valence-electron chi connectivity index (χ1n) is 12.7. The summed E-state index contributed by atoms with van der Waals surface area (Å²) in [7, 11) is 0. The maximum atomic E-state index is 13.5. The second-order valence-corrected chi connectivity index (χ2v) is 9.32. The van der Waals surface area contributed by atoms with E-state index in [-0.39, 0.29) is 18.7 Å². The maximum Gasteiger partial charge on any atom is 0.243 e. The molecule has 0 unspecified atom stereocenters. The third kappa shape index (κ3) is 8.17. The highest BCUT2D eigenvalue weighted by atomic mass is 16.2. The van der Waals surface area contributed by atoms with E-state index in [0.29, 0.717) is 25.8 Å². The molecule has 1 aromatic heterocycles. The highest BCUT2D eigenvalue weighted by molar-refractivity contribution is 5.94. The van der Waals surface area contributed by atoms with Crippen molar-refractivity contribution in [3.63, 3.8) is 0 Å². The predicted molar refractivity (Wildman–Crippen MR) is 146 cm³/mol. The number of primary amides is 1. The van der Waals surface area contributed by atoms with E-state index in [0.717, 1.165) is 22.0 Å². The molecule has 0 aliphatic rings. The van der Waals surface area contributed by atoms with Gasteiger partial charge in [-0.2, -0.15) is 0 Å². The molecule has 3 atom stereocenters. The van der Waals surface area contributed by atoms with Gasteiger partial charge >= 0.3 is 0 Å². The van der Waals surface area contributed by atoms with E-state index in [2.05, 4.69) is 20.9 Å². The summed E-state index contributed by atoms with van der Waals surface area (Å²) in [4.78, 5) is 53.9. The average Bonchev–Trinajstić information content (AvgIpc) is 3.30. The van der Waals surface area contributed by atoms with E-state index >= 15 is 0 Å². The fraction of sp³-hybridized carbons (Fsp3) is 0.357. The number of aromatic nitrogens is 1. The fourth-order valence-corrected chi connectivity index (χ4v) is 4.36. The van der Waals surface area contributed by atoms with E-state index in [4.69, 9.17) is 11.5 Å². The zero-order valence-electron chi connectivity index (χ0n) is 21.5. The monoisotopic (exact) mass is 520 g/mol. The summed E-state index contributed by atoms with van der Waals surface area (Å²) in [6.45, 7) is 1.80. The zero-order valence-corrected chi connectivity index (χ0v) is 21.5. The number of hydrogen-bond donors (Lipinski definition) is 6. The van der Waals surface area contributed by atoms with Crippen LogP contribution in [0.3, 0.4) is 0 Å². The Morgan fingerprint density at radius 3 is 2.11 bits per heavy atom. The lowest BCUT2D eigenvalue weighted by molar-refractivity contribution is -0.133. The number of carbonyl (C=O) groups is 4. The summed E-state index contributed by atoms with van der Waals surface area (Å²) in [5, 5.41) is 9.13. The van der Waals surface area contributed by atoms with Gasteiger partial charge in [-0.15, -0.1) is 0 Å². The quantitative estimate of drug-likeness (QED) is 0.174. The van der Waals surface area contributed by atoms with Crippen molar-refractivity contribution in [1.82, 2.24) is 20.9 Å². The molecule has 3 rings (SSSR count). The van der Waals surface area contributed by atoms with Crippen LogP contribution in [0.5, 0.6) is 0 Å². The second-order valence-electron chi connectivity index (χ2n) is 9.32. The van der Waals surface area contributed by atoms with Gasteiger partial charge in [-0.05, 0) is 43.0 Å². The van der Waals surface area contributed by atoms with Gasteiger partial charge in [-0.25, -0.2) is 0 Å². The Kier molecular flexibility index (Phi) is 10.4. The molecule has 0 radical (unpaired) electrons. The highest BCUT2D eigenvalue weighted by Gasteiger charge is 2.29. The average molecular weight is 521 g/mol. The minimum Gasteiger partial charge on any atom is -0.368 e. The van der Waals surface area contributed by atoms with Crippen molar-refractivity contribution in [2.24, 2.45) is 11.5 Å². The minimum absolute atomic E-state index is 0.187. The number of amides is 4. The SMILES string of the molecule is CC(=O)N[C@@H](Cc1c[nH]c2ccccc12)C(=O)N[C@H](Cc1ccccc1)C(=O)N[C@@H](CCCCN)C(N)=O. The van der Waals surface area contributed by atoms with Gasteiger partial charge in [0.1, 0.15) is 18.1 Å². The number of hydrogen-bond acceptors (Lipinski definition) is 5. The number of unbranched alkanes of at least 4 members (excludes halogenated alkanes) is 1. The Morgan fingerprint density at radius 2 is 1.45 bits per heavy atom. The van der Waals surface area contributed by atoms with Crippen molar-refractivity contribution in [2.45, 2.75) is 57.2 Å². The molecular weight excluding hydrogens is 484 g/mol. The molecule has 0 bridgehead atoms. The summed E-state index contributed by atoms with van der Waals surface area (Å²) < 4.78 is 0. The lowest BCUT2D eigenvalue weighted by Crippen LogP contribution is -2.57. The molecule has 38 heavy (non-hydrogen) atoms. The fourth-order valence-electron chi connectivity index (χ4n) is 4.36. The van der Waals surface area contributed by atoms with Crippen molar-refractivity contribution in [3.05, 3.63) is 71.9 Å². The van der Waals surface area contributed by atoms with Gasteiger partial charge in [0.15, 0.2) is 0 Å². The highest BCUT2D eigenvalue weighted by Crippen LogP contribution is 2.19. The molecule has 0 saturated carbocycles. The number of rotatable bonds is 14. The van der Waals surface area contributed by atoms with Crippen LogP contribution in [0.25, 0.3) is 10.9 Å². The van der Waals surface area contributed by atoms with E-state index in [1.807, 2.05) is 54.6 Å². The Balaban J connectivity index is 1.80. The Morgan fingerprint density at radius 1 is 0.816 bits per heavy atom. The zero-order chi connectivity index (χ0) is 27.5. The van der Waals surface area contributed by atoms with Crippen LogP contribution in [0.2, 0.25) is 0 Å². The molecule has 3 aromatic rings. The standard InChI is InChI=1S/C28H36N6O4/c1-18(35)32-25(16-20-17-31-22-12-6-5-11-21(20)22)28(38)34-24(15-19-9-3-2-4-10-19)27(37)33-23(26(30)36)13-7-8-14-29/h2-6,9-12,17,23-25,31H,7-8,13-16,29H2,1H3,(H2,30,36)(H,32,35)(H,33,37)(H,34,38)/t23-,24+,25-/m0/s1. The molecule has 0 aliphatic carbocycles. The first-order valence-corrected chi connectivity index (χ1v) is 12.7. The maximum absolute atomic E-state index is 13.5. The van der Waals surface area contributed by atoms with Crippen LogP contribution in [0.15, 0.2) is 60.8 Å². The van der Waals surface area contributed by atoms with E-state index < -0.39 is 35.8 Å². The normalized spacial score (nSPS) is 13.3. The molecule has 202 valence electrons. The third-order valence-electron chi connectivity index (χ3n) is 6.32. The van der Waals surface area contributed by atoms with Crippen molar-refractivity contribution in [2.75, 3.05) is 6.54 Å². The molecule has 0 aliphatic heterocycles. The number of nitrogens with two attached hydrogens (primary N) is 2. The van der Waals surface area contributed by atoms with Gasteiger partial charge in [0.25, 0.3) is 0 Å². The summed E-state index contributed by atoms with van der Waals surface area (Å²) in [6, 6.07) is 14.1. The van der Waals surface area contributed by atoms with Crippen LogP contribution in [0.4, 0.5) is 0 Å². The van der Waals surface area contributed by atoms with Gasteiger partial charge in [0.05, 0.1) is 0 Å². The number of carbonyl (C=O) groups excluding carboxylic acids is 4. The van der Waals surface area contributed by atoms with Crippen molar-refractivity contribution < 1.29 is 19.2 Å². The number of para-hydroxylation sites is 1. The molecule has 2 aromatic carbocycles. The number of fused-ring (bicyclic) bond motifs is 1. The molecule has 1 heterocycles. The third-order valence-corrected chi connectivity index (χ3v) is 6.32. The van der Waals surface area contributed by atoms with Gasteiger partial charge < -0.3 is 32.4 Å². The Hall–Kier alpha value is -4.18. The molecule has 0 fully saturated rings. The number of H-pyrrole nitrogens is 1. The summed E-state index contributed by atoms with van der Waals surface area (Å²) >= 11 is 0. The van der Waals surface area contributed by atoms with Gasteiger partial charge in [0.2, 0.25) is 23.6 Å². The summed E-state index contributed by atoms with van der Waals surface area (Å²) in [5.41, 5.74) is 13.7. The van der Waals surface area contributed by atoms with Crippen molar-refractivity contribution >= 4 is 34.5 Å². The van der Waals surface area contributed by atoms with Crippen molar-refractivity contribution in [1.29, 1.82) is 0 Å². The number of benzene rings is 2. The molecule has 10 nitrogen and oxygen atoms in total.